The largest absolute Gasteiger partial charge is 0.468 e. The van der Waals surface area contributed by atoms with E-state index in [0.29, 0.717) is 12.1 Å². The van der Waals surface area contributed by atoms with E-state index >= 15 is 0 Å². The third-order valence-electron chi connectivity index (χ3n) is 5.61. The molecular formula is C18H27F3N4O. The summed E-state index contributed by atoms with van der Waals surface area (Å²) < 4.78 is 42.4. The lowest BCUT2D eigenvalue weighted by atomic mass is 9.84. The molecule has 2 aliphatic heterocycles. The Morgan fingerprint density at radius 3 is 2.58 bits per heavy atom. The number of halogens is 3. The molecule has 5 nitrogen and oxygen atoms in total. The van der Waals surface area contributed by atoms with Crippen LogP contribution in [0.1, 0.15) is 18.4 Å². The summed E-state index contributed by atoms with van der Waals surface area (Å²) >= 11 is 0. The number of alkyl halides is 3. The highest BCUT2D eigenvalue weighted by Crippen LogP contribution is 2.32. The van der Waals surface area contributed by atoms with Crippen LogP contribution in [-0.4, -0.2) is 84.8 Å². The van der Waals surface area contributed by atoms with E-state index < -0.39 is 12.8 Å². The van der Waals surface area contributed by atoms with Gasteiger partial charge in [0.05, 0.1) is 0 Å². The third-order valence-corrected chi connectivity index (χ3v) is 5.61. The zero-order chi connectivity index (χ0) is 18.8. The van der Waals surface area contributed by atoms with Crippen molar-refractivity contribution in [3.05, 3.63) is 23.9 Å². The van der Waals surface area contributed by atoms with Crippen LogP contribution in [0.25, 0.3) is 0 Å². The molecule has 2 aliphatic rings. The monoisotopic (exact) mass is 372 g/mol. The summed E-state index contributed by atoms with van der Waals surface area (Å²) in [6.07, 6.45) is -0.666. The van der Waals surface area contributed by atoms with Gasteiger partial charge in [0.1, 0.15) is 0 Å². The highest BCUT2D eigenvalue weighted by atomic mass is 19.4. The Balaban J connectivity index is 1.67. The first kappa shape index (κ1) is 19.4. The normalized spacial score (nSPS) is 22.7. The van der Waals surface area contributed by atoms with Gasteiger partial charge < -0.3 is 9.64 Å². The Labute approximate surface area is 152 Å². The van der Waals surface area contributed by atoms with Gasteiger partial charge >= 0.3 is 6.18 Å². The molecule has 3 rings (SSSR count). The maximum absolute atomic E-state index is 12.5. The maximum atomic E-state index is 12.5. The number of piperazine rings is 1. The Hall–Kier alpha value is -1.38. The van der Waals surface area contributed by atoms with Crippen molar-refractivity contribution < 1.29 is 17.9 Å². The second-order valence-corrected chi connectivity index (χ2v) is 7.53. The van der Waals surface area contributed by atoms with E-state index in [-0.39, 0.29) is 11.4 Å². The first-order chi connectivity index (χ1) is 12.3. The number of aromatic nitrogens is 1. The first-order valence-electron chi connectivity index (χ1n) is 9.03. The molecule has 1 aromatic heterocycles. The minimum absolute atomic E-state index is 0.0844. The fourth-order valence-electron chi connectivity index (χ4n) is 3.92. The van der Waals surface area contributed by atoms with Crippen LogP contribution in [0.2, 0.25) is 0 Å². The zero-order valence-corrected chi connectivity index (χ0v) is 15.4. The molecular weight excluding hydrogens is 345 g/mol. The molecule has 0 amide bonds. The van der Waals surface area contributed by atoms with Gasteiger partial charge in [-0.05, 0) is 46.1 Å². The summed E-state index contributed by atoms with van der Waals surface area (Å²) in [5, 5.41) is 0. The van der Waals surface area contributed by atoms with Crippen molar-refractivity contribution in [1.29, 1.82) is 0 Å². The van der Waals surface area contributed by atoms with Crippen molar-refractivity contribution in [2.45, 2.75) is 31.1 Å². The van der Waals surface area contributed by atoms with E-state index in [1.54, 1.807) is 12.1 Å². The fraction of sp³-hybridized carbons (Fsp3) is 0.722. The Morgan fingerprint density at radius 1 is 1.15 bits per heavy atom. The molecule has 0 radical (unpaired) electrons. The average Bonchev–Trinajstić information content (AvgIpc) is 2.59. The molecule has 0 bridgehead atoms. The molecule has 0 aliphatic carbocycles. The lowest BCUT2D eigenvalue weighted by molar-refractivity contribution is -0.154. The highest BCUT2D eigenvalue weighted by molar-refractivity contribution is 5.25. The summed E-state index contributed by atoms with van der Waals surface area (Å²) in [4.78, 5) is 11.1. The number of nitrogens with zero attached hydrogens (tertiary/aromatic N) is 4. The van der Waals surface area contributed by atoms with Crippen molar-refractivity contribution in [3.8, 4) is 5.88 Å². The van der Waals surface area contributed by atoms with Crippen molar-refractivity contribution in [2.75, 3.05) is 53.4 Å². The highest BCUT2D eigenvalue weighted by Gasteiger charge is 2.41. The second kappa shape index (κ2) is 7.70. The average molecular weight is 372 g/mol. The van der Waals surface area contributed by atoms with Crippen LogP contribution < -0.4 is 4.74 Å². The van der Waals surface area contributed by atoms with Gasteiger partial charge in [-0.1, -0.05) is 6.07 Å². The predicted molar refractivity (Wildman–Crippen MR) is 93.2 cm³/mol. The third kappa shape index (κ3) is 4.66. The number of ether oxygens (including phenoxy) is 1. The smallest absolute Gasteiger partial charge is 0.422 e. The molecule has 0 aromatic carbocycles. The summed E-state index contributed by atoms with van der Waals surface area (Å²) in [5.41, 5.74) is 0.865. The molecule has 26 heavy (non-hydrogen) atoms. The van der Waals surface area contributed by atoms with Crippen LogP contribution in [-0.2, 0) is 6.54 Å². The van der Waals surface area contributed by atoms with Gasteiger partial charge in [-0.15, -0.1) is 0 Å². The number of pyridine rings is 1. The Kier molecular flexibility index (Phi) is 5.74. The zero-order valence-electron chi connectivity index (χ0n) is 15.4. The number of likely N-dealkylation sites (N-methyl/N-ethyl adjacent to an activating group) is 1. The Morgan fingerprint density at radius 2 is 1.88 bits per heavy atom. The van der Waals surface area contributed by atoms with Crippen molar-refractivity contribution in [2.24, 2.45) is 0 Å². The van der Waals surface area contributed by atoms with Gasteiger partial charge in [0.2, 0.25) is 5.88 Å². The molecule has 2 saturated heterocycles. The molecule has 1 aromatic rings. The van der Waals surface area contributed by atoms with Gasteiger partial charge in [0, 0.05) is 43.5 Å². The van der Waals surface area contributed by atoms with Crippen LogP contribution in [0.3, 0.4) is 0 Å². The van der Waals surface area contributed by atoms with Gasteiger partial charge in [-0.25, -0.2) is 4.98 Å². The van der Waals surface area contributed by atoms with Crippen LogP contribution >= 0.6 is 0 Å². The summed E-state index contributed by atoms with van der Waals surface area (Å²) in [7, 11) is 4.33. The minimum atomic E-state index is -4.36. The molecule has 8 heteroatoms. The van der Waals surface area contributed by atoms with Crippen molar-refractivity contribution >= 4 is 0 Å². The van der Waals surface area contributed by atoms with Gasteiger partial charge in [0.15, 0.2) is 6.61 Å². The van der Waals surface area contributed by atoms with Crippen LogP contribution in [0, 0.1) is 0 Å². The number of hydrogen-bond acceptors (Lipinski definition) is 5. The standard InChI is InChI=1S/C18H27F3N4O/c1-23-8-5-17(6-9-23)13-25(11-10-24(17)2)12-15-4-3-7-22-16(15)26-14-18(19,20)21/h3-4,7H,5-6,8-14H2,1-2H3. The van der Waals surface area contributed by atoms with Crippen LogP contribution in [0.15, 0.2) is 18.3 Å². The van der Waals surface area contributed by atoms with E-state index in [0.717, 1.165) is 45.6 Å². The van der Waals surface area contributed by atoms with E-state index in [1.165, 1.54) is 6.20 Å². The number of piperidine rings is 1. The Bertz CT molecular complexity index is 602. The number of likely N-dealkylation sites (tertiary alicyclic amines) is 1. The second-order valence-electron chi connectivity index (χ2n) is 7.53. The summed E-state index contributed by atoms with van der Waals surface area (Å²) in [6.45, 7) is 4.17. The molecule has 3 heterocycles. The van der Waals surface area contributed by atoms with E-state index in [2.05, 4.69) is 33.8 Å². The first-order valence-corrected chi connectivity index (χ1v) is 9.03. The van der Waals surface area contributed by atoms with Gasteiger partial charge in [-0.2, -0.15) is 13.2 Å². The van der Waals surface area contributed by atoms with E-state index in [1.807, 2.05) is 0 Å². The lowest BCUT2D eigenvalue weighted by Gasteiger charge is -2.52. The molecule has 146 valence electrons. The van der Waals surface area contributed by atoms with Crippen LogP contribution in [0.5, 0.6) is 5.88 Å². The molecule has 2 fully saturated rings. The van der Waals surface area contributed by atoms with Crippen molar-refractivity contribution in [3.63, 3.8) is 0 Å². The summed E-state index contributed by atoms with van der Waals surface area (Å²) in [6, 6.07) is 3.55. The van der Waals surface area contributed by atoms with E-state index in [9.17, 15) is 13.2 Å². The van der Waals surface area contributed by atoms with Crippen LogP contribution in [0.4, 0.5) is 13.2 Å². The SMILES string of the molecule is CN1CCC2(CC1)CN(Cc1cccnc1OCC(F)(F)F)CCN2C. The molecule has 0 N–H and O–H groups in total. The maximum Gasteiger partial charge on any atom is 0.422 e. The summed E-state index contributed by atoms with van der Waals surface area (Å²) in [5.74, 6) is 0.0844. The van der Waals surface area contributed by atoms with E-state index in [4.69, 9.17) is 4.74 Å². The minimum Gasteiger partial charge on any atom is -0.468 e. The predicted octanol–water partition coefficient (Wildman–Crippen LogP) is 2.23. The quantitative estimate of drug-likeness (QED) is 0.809. The number of hydrogen-bond donors (Lipinski definition) is 0. The molecule has 0 unspecified atom stereocenters. The van der Waals surface area contributed by atoms with Gasteiger partial charge in [0.25, 0.3) is 0 Å². The fourth-order valence-corrected chi connectivity index (χ4v) is 3.92. The molecule has 0 atom stereocenters. The van der Waals surface area contributed by atoms with Crippen molar-refractivity contribution in [1.82, 2.24) is 19.7 Å². The number of rotatable bonds is 4. The molecule has 0 saturated carbocycles. The molecule has 1 spiro atoms. The van der Waals surface area contributed by atoms with Gasteiger partial charge in [-0.3, -0.25) is 9.80 Å². The lowest BCUT2D eigenvalue weighted by Crippen LogP contribution is -2.63. The topological polar surface area (TPSA) is 31.8 Å².